The fraction of sp³-hybridized carbons (Fsp3) is 0.571. The van der Waals surface area contributed by atoms with Gasteiger partial charge >= 0.3 is 0 Å². The number of hydrogen-bond acceptors (Lipinski definition) is 3. The molecule has 4 nitrogen and oxygen atoms in total. The maximum absolute atomic E-state index is 11.4. The first-order valence-corrected chi connectivity index (χ1v) is 8.72. The van der Waals surface area contributed by atoms with Crippen molar-refractivity contribution in [1.29, 1.82) is 0 Å². The van der Waals surface area contributed by atoms with Crippen LogP contribution in [0.15, 0.2) is 24.3 Å². The maximum Gasteiger partial charge on any atom is 0.229 e. The monoisotopic (exact) mass is 282 g/mol. The van der Waals surface area contributed by atoms with E-state index in [4.69, 9.17) is 0 Å². The average molecular weight is 282 g/mol. The van der Waals surface area contributed by atoms with E-state index in [0.717, 1.165) is 12.1 Å². The van der Waals surface area contributed by atoms with Gasteiger partial charge in [0.05, 0.1) is 17.6 Å². The van der Waals surface area contributed by atoms with E-state index in [1.807, 2.05) is 18.2 Å². The van der Waals surface area contributed by atoms with Crippen molar-refractivity contribution in [3.05, 3.63) is 24.3 Å². The molecule has 0 aliphatic heterocycles. The highest BCUT2D eigenvalue weighted by atomic mass is 32.2. The molecule has 0 spiro atoms. The number of anilines is 2. The molecule has 106 valence electrons. The molecule has 1 aliphatic rings. The number of rotatable bonds is 5. The summed E-state index contributed by atoms with van der Waals surface area (Å²) < 4.78 is 25.3. The van der Waals surface area contributed by atoms with Crippen LogP contribution in [-0.4, -0.2) is 20.7 Å². The summed E-state index contributed by atoms with van der Waals surface area (Å²) in [5.74, 6) is 0.686. The number of hydrogen-bond donors (Lipinski definition) is 2. The summed E-state index contributed by atoms with van der Waals surface area (Å²) in [5, 5.41) is 3.51. The van der Waals surface area contributed by atoms with Gasteiger partial charge in [-0.2, -0.15) is 0 Å². The quantitative estimate of drug-likeness (QED) is 0.872. The Morgan fingerprint density at radius 2 is 1.89 bits per heavy atom. The van der Waals surface area contributed by atoms with Crippen LogP contribution >= 0.6 is 0 Å². The lowest BCUT2D eigenvalue weighted by Gasteiger charge is -2.22. The molecule has 0 radical (unpaired) electrons. The molecular weight excluding hydrogens is 260 g/mol. The average Bonchev–Trinajstić information content (AvgIpc) is 2.77. The van der Waals surface area contributed by atoms with E-state index >= 15 is 0 Å². The topological polar surface area (TPSA) is 58.2 Å². The summed E-state index contributed by atoms with van der Waals surface area (Å²) in [5.41, 5.74) is 1.50. The van der Waals surface area contributed by atoms with Gasteiger partial charge in [-0.25, -0.2) is 8.42 Å². The van der Waals surface area contributed by atoms with Gasteiger partial charge in [-0.15, -0.1) is 0 Å². The van der Waals surface area contributed by atoms with Crippen LogP contribution in [0.25, 0.3) is 0 Å². The number of benzene rings is 1. The molecule has 2 rings (SSSR count). The molecule has 2 atom stereocenters. The minimum Gasteiger partial charge on any atom is -0.380 e. The second kappa shape index (κ2) is 5.82. The molecule has 1 aromatic carbocycles. The highest BCUT2D eigenvalue weighted by Gasteiger charge is 2.26. The van der Waals surface area contributed by atoms with Crippen molar-refractivity contribution in [3.63, 3.8) is 0 Å². The van der Waals surface area contributed by atoms with Gasteiger partial charge in [-0.1, -0.05) is 31.9 Å². The maximum atomic E-state index is 11.4. The fourth-order valence-corrected chi connectivity index (χ4v) is 3.39. The summed E-state index contributed by atoms with van der Waals surface area (Å²) in [6.07, 6.45) is 6.01. The fourth-order valence-electron chi connectivity index (χ4n) is 2.81. The van der Waals surface area contributed by atoms with Crippen LogP contribution in [0.4, 0.5) is 11.4 Å². The number of para-hydroxylation sites is 2. The van der Waals surface area contributed by atoms with Crippen molar-refractivity contribution in [3.8, 4) is 0 Å². The SMILES string of the molecule is CCC1CCCC1Nc1ccccc1NS(C)(=O)=O. The Balaban J connectivity index is 2.16. The summed E-state index contributed by atoms with van der Waals surface area (Å²) in [7, 11) is -3.24. The standard InChI is InChI=1S/C14H22N2O2S/c1-3-11-7-6-10-12(11)15-13-8-4-5-9-14(13)16-19(2,17)18/h4-5,8-9,11-12,15-16H,3,6-7,10H2,1-2H3. The highest BCUT2D eigenvalue weighted by Crippen LogP contribution is 2.32. The van der Waals surface area contributed by atoms with E-state index < -0.39 is 10.0 Å². The molecule has 0 saturated heterocycles. The molecule has 2 unspecified atom stereocenters. The van der Waals surface area contributed by atoms with E-state index in [2.05, 4.69) is 17.0 Å². The van der Waals surface area contributed by atoms with Crippen LogP contribution in [0.1, 0.15) is 32.6 Å². The first kappa shape index (κ1) is 14.2. The van der Waals surface area contributed by atoms with Gasteiger partial charge in [0.25, 0.3) is 0 Å². The Labute approximate surface area is 115 Å². The predicted octanol–water partition coefficient (Wildman–Crippen LogP) is 3.05. The first-order valence-electron chi connectivity index (χ1n) is 6.83. The zero-order valence-corrected chi connectivity index (χ0v) is 12.3. The third-order valence-electron chi connectivity index (χ3n) is 3.75. The van der Waals surface area contributed by atoms with Crippen LogP contribution in [0, 0.1) is 5.92 Å². The van der Waals surface area contributed by atoms with Crippen LogP contribution in [0.3, 0.4) is 0 Å². The second-order valence-electron chi connectivity index (χ2n) is 5.27. The number of nitrogens with one attached hydrogen (secondary N) is 2. The summed E-state index contributed by atoms with van der Waals surface area (Å²) in [6.45, 7) is 2.21. The van der Waals surface area contributed by atoms with Gasteiger partial charge in [0.1, 0.15) is 0 Å². The smallest absolute Gasteiger partial charge is 0.229 e. The zero-order chi connectivity index (χ0) is 13.9. The largest absolute Gasteiger partial charge is 0.380 e. The Hall–Kier alpha value is -1.23. The summed E-state index contributed by atoms with van der Waals surface area (Å²) in [6, 6.07) is 7.93. The van der Waals surface area contributed by atoms with Gasteiger partial charge in [0.2, 0.25) is 10.0 Å². The lowest BCUT2D eigenvalue weighted by molar-refractivity contribution is 0.489. The number of sulfonamides is 1. The third kappa shape index (κ3) is 3.86. The minimum absolute atomic E-state index is 0.451. The second-order valence-corrected chi connectivity index (χ2v) is 7.02. The van der Waals surface area contributed by atoms with Crippen molar-refractivity contribution in [2.75, 3.05) is 16.3 Å². The Morgan fingerprint density at radius 1 is 1.21 bits per heavy atom. The van der Waals surface area contributed by atoms with Crippen molar-refractivity contribution in [2.24, 2.45) is 5.92 Å². The molecule has 0 bridgehead atoms. The van der Waals surface area contributed by atoms with Gasteiger partial charge in [-0.05, 0) is 30.9 Å². The molecule has 1 fully saturated rings. The van der Waals surface area contributed by atoms with Crippen molar-refractivity contribution in [1.82, 2.24) is 0 Å². The molecule has 0 heterocycles. The Bertz CT molecular complexity index is 528. The molecule has 1 aromatic rings. The first-order chi connectivity index (χ1) is 8.99. The lowest BCUT2D eigenvalue weighted by Crippen LogP contribution is -2.24. The van der Waals surface area contributed by atoms with Gasteiger partial charge in [-0.3, -0.25) is 4.72 Å². The highest BCUT2D eigenvalue weighted by molar-refractivity contribution is 7.92. The molecule has 2 N–H and O–H groups in total. The van der Waals surface area contributed by atoms with Crippen molar-refractivity contribution in [2.45, 2.75) is 38.6 Å². The van der Waals surface area contributed by atoms with Gasteiger partial charge in [0, 0.05) is 6.04 Å². The van der Waals surface area contributed by atoms with Crippen LogP contribution < -0.4 is 10.0 Å². The molecule has 0 amide bonds. The van der Waals surface area contributed by atoms with Crippen molar-refractivity contribution < 1.29 is 8.42 Å². The van der Waals surface area contributed by atoms with E-state index in [9.17, 15) is 8.42 Å². The molecule has 0 aromatic heterocycles. The van der Waals surface area contributed by atoms with Crippen LogP contribution in [0.2, 0.25) is 0 Å². The zero-order valence-electron chi connectivity index (χ0n) is 11.5. The third-order valence-corrected chi connectivity index (χ3v) is 4.34. The van der Waals surface area contributed by atoms with Crippen LogP contribution in [0.5, 0.6) is 0 Å². The summed E-state index contributed by atoms with van der Waals surface area (Å²) in [4.78, 5) is 0. The molecule has 1 aliphatic carbocycles. The van der Waals surface area contributed by atoms with E-state index in [0.29, 0.717) is 17.6 Å². The lowest BCUT2D eigenvalue weighted by atomic mass is 10.0. The summed E-state index contributed by atoms with van der Waals surface area (Å²) >= 11 is 0. The normalized spacial score (nSPS) is 23.3. The van der Waals surface area contributed by atoms with Crippen LogP contribution in [-0.2, 0) is 10.0 Å². The predicted molar refractivity (Wildman–Crippen MR) is 80.0 cm³/mol. The Morgan fingerprint density at radius 3 is 2.53 bits per heavy atom. The minimum atomic E-state index is -3.24. The molecule has 5 heteroatoms. The van der Waals surface area contributed by atoms with Crippen molar-refractivity contribution >= 4 is 21.4 Å². The van der Waals surface area contributed by atoms with E-state index in [1.54, 1.807) is 6.07 Å². The molecule has 1 saturated carbocycles. The van der Waals surface area contributed by atoms with E-state index in [1.165, 1.54) is 25.5 Å². The van der Waals surface area contributed by atoms with E-state index in [-0.39, 0.29) is 0 Å². The van der Waals surface area contributed by atoms with Gasteiger partial charge < -0.3 is 5.32 Å². The van der Waals surface area contributed by atoms with Gasteiger partial charge in [0.15, 0.2) is 0 Å². The molecule has 19 heavy (non-hydrogen) atoms. The Kier molecular flexibility index (Phi) is 4.34. The molecular formula is C14H22N2O2S.